The number of hydrogen-bond donors (Lipinski definition) is 5. The summed E-state index contributed by atoms with van der Waals surface area (Å²) in [7, 11) is -4.34. The number of ether oxygens (including phenoxy) is 1. The zero-order valence-electron chi connectivity index (χ0n) is 25.8. The Bertz CT molecular complexity index is 1660. The van der Waals surface area contributed by atoms with Crippen molar-refractivity contribution in [2.45, 2.75) is 38.3 Å². The van der Waals surface area contributed by atoms with E-state index in [1.807, 2.05) is 18.2 Å². The highest BCUT2D eigenvalue weighted by molar-refractivity contribution is 7.55. The number of nitrogen functional groups attached to an aromatic ring is 1. The van der Waals surface area contributed by atoms with Gasteiger partial charge in [-0.3, -0.25) is 15.0 Å². The molecule has 4 aromatic carbocycles. The molecule has 0 aliphatic heterocycles. The van der Waals surface area contributed by atoms with E-state index in [0.717, 1.165) is 5.56 Å². The summed E-state index contributed by atoms with van der Waals surface area (Å²) in [5, 5.41) is 15.4. The van der Waals surface area contributed by atoms with E-state index in [-0.39, 0.29) is 23.9 Å². The van der Waals surface area contributed by atoms with E-state index in [4.69, 9.17) is 24.9 Å². The molecule has 3 atom stereocenters. The normalized spacial score (nSPS) is 12.8. The molecule has 0 saturated heterocycles. The minimum absolute atomic E-state index is 0.0186. The Morgan fingerprint density at radius 1 is 0.702 bits per heavy atom. The van der Waals surface area contributed by atoms with Crippen LogP contribution < -0.4 is 30.7 Å². The number of para-hydroxylation sites is 2. The third kappa shape index (κ3) is 9.94. The summed E-state index contributed by atoms with van der Waals surface area (Å²) in [4.78, 5) is 38.7. The maximum atomic E-state index is 14.8. The lowest BCUT2D eigenvalue weighted by atomic mass is 10.1. The Morgan fingerprint density at radius 3 is 1.68 bits per heavy atom. The molecule has 4 aromatic rings. The Hall–Kier alpha value is -5.61. The molecule has 0 aliphatic carbocycles. The summed E-state index contributed by atoms with van der Waals surface area (Å²) >= 11 is 0. The highest BCUT2D eigenvalue weighted by Crippen LogP contribution is 2.59. The van der Waals surface area contributed by atoms with Gasteiger partial charge in [0.15, 0.2) is 5.78 Å². The number of nitrogens with one attached hydrogen (secondary N) is 4. The lowest BCUT2D eigenvalue weighted by Gasteiger charge is -2.29. The first-order valence-electron chi connectivity index (χ1n) is 14.7. The molecular weight excluding hydrogens is 621 g/mol. The van der Waals surface area contributed by atoms with Crippen molar-refractivity contribution < 1.29 is 32.7 Å². The van der Waals surface area contributed by atoms with Crippen LogP contribution in [0.4, 0.5) is 4.79 Å². The first-order chi connectivity index (χ1) is 22.5. The average molecular weight is 658 g/mol. The SMILES string of the molecule is C[C@H](NC(=O)[C@@H](C)NC(=O)OCc1ccccc1)C(=O)NC(c1ccc(C(=N)N)cc1)P(=O)(Oc1ccccc1)Oc1ccccc1. The van der Waals surface area contributed by atoms with E-state index < -0.39 is 43.4 Å². The Morgan fingerprint density at radius 2 is 1.17 bits per heavy atom. The lowest BCUT2D eigenvalue weighted by molar-refractivity contribution is -0.129. The third-order valence-corrected chi connectivity index (χ3v) is 8.77. The van der Waals surface area contributed by atoms with Gasteiger partial charge in [-0.2, -0.15) is 0 Å². The van der Waals surface area contributed by atoms with Gasteiger partial charge in [-0.1, -0.05) is 91.0 Å². The zero-order valence-corrected chi connectivity index (χ0v) is 26.7. The average Bonchev–Trinajstić information content (AvgIpc) is 3.07. The lowest BCUT2D eigenvalue weighted by Crippen LogP contribution is -2.52. The van der Waals surface area contributed by atoms with E-state index in [2.05, 4.69) is 16.0 Å². The molecule has 244 valence electrons. The summed E-state index contributed by atoms with van der Waals surface area (Å²) in [6, 6.07) is 29.7. The first kappa shape index (κ1) is 34.3. The molecule has 3 amide bonds. The number of carbonyl (C=O) groups excluding carboxylic acids is 3. The Kier molecular flexibility index (Phi) is 11.7. The molecule has 1 unspecified atom stereocenters. The van der Waals surface area contributed by atoms with Crippen LogP contribution in [0.25, 0.3) is 0 Å². The minimum atomic E-state index is -4.34. The zero-order chi connectivity index (χ0) is 33.8. The van der Waals surface area contributed by atoms with Crippen LogP contribution >= 0.6 is 7.60 Å². The number of rotatable bonds is 14. The molecule has 12 nitrogen and oxygen atoms in total. The van der Waals surface area contributed by atoms with Gasteiger partial charge in [0.2, 0.25) is 11.8 Å². The summed E-state index contributed by atoms with van der Waals surface area (Å²) in [5.41, 5.74) is 7.14. The Balaban J connectivity index is 1.53. The second-order valence-corrected chi connectivity index (χ2v) is 12.4. The van der Waals surface area contributed by atoms with Crippen LogP contribution in [0.3, 0.4) is 0 Å². The van der Waals surface area contributed by atoms with Crippen molar-refractivity contribution in [3.8, 4) is 11.5 Å². The van der Waals surface area contributed by atoms with Gasteiger partial charge in [0.1, 0.15) is 36.0 Å². The second kappa shape index (κ2) is 16.1. The predicted octanol–water partition coefficient (Wildman–Crippen LogP) is 5.26. The van der Waals surface area contributed by atoms with Gasteiger partial charge in [0, 0.05) is 5.56 Å². The van der Waals surface area contributed by atoms with Crippen LogP contribution in [-0.2, 0) is 25.5 Å². The molecule has 0 spiro atoms. The molecular formula is C34H36N5O7P. The smallest absolute Gasteiger partial charge is 0.445 e. The summed E-state index contributed by atoms with van der Waals surface area (Å²) in [6.45, 7) is 2.90. The number of carbonyl (C=O) groups is 3. The molecule has 13 heteroatoms. The molecule has 6 N–H and O–H groups in total. The molecule has 0 aromatic heterocycles. The molecule has 0 fully saturated rings. The van der Waals surface area contributed by atoms with Crippen LogP contribution in [0.15, 0.2) is 115 Å². The maximum Gasteiger partial charge on any atom is 0.457 e. The highest BCUT2D eigenvalue weighted by Gasteiger charge is 2.43. The van der Waals surface area contributed by atoms with Crippen LogP contribution in [0.1, 0.15) is 36.3 Å². The van der Waals surface area contributed by atoms with Crippen molar-refractivity contribution >= 4 is 31.3 Å². The van der Waals surface area contributed by atoms with Gasteiger partial charge >= 0.3 is 13.7 Å². The van der Waals surface area contributed by atoms with Crippen molar-refractivity contribution in [1.29, 1.82) is 5.41 Å². The topological polar surface area (TPSA) is 182 Å². The summed E-state index contributed by atoms with van der Waals surface area (Å²) in [5.74, 6) is -2.47. The van der Waals surface area contributed by atoms with E-state index in [1.54, 1.807) is 97.1 Å². The number of amides is 3. The second-order valence-electron chi connectivity index (χ2n) is 10.5. The molecule has 0 bridgehead atoms. The molecule has 47 heavy (non-hydrogen) atoms. The Labute approximate surface area is 272 Å². The van der Waals surface area contributed by atoms with Gasteiger partial charge in [-0.15, -0.1) is 0 Å². The maximum absolute atomic E-state index is 14.8. The molecule has 0 saturated carbocycles. The molecule has 0 heterocycles. The number of benzene rings is 4. The number of nitrogens with two attached hydrogens (primary N) is 1. The van der Waals surface area contributed by atoms with Crippen LogP contribution in [0.2, 0.25) is 0 Å². The van der Waals surface area contributed by atoms with Crippen LogP contribution in [0, 0.1) is 5.41 Å². The first-order valence-corrected chi connectivity index (χ1v) is 16.3. The van der Waals surface area contributed by atoms with E-state index in [1.165, 1.54) is 13.8 Å². The number of hydrogen-bond acceptors (Lipinski definition) is 8. The predicted molar refractivity (Wildman–Crippen MR) is 177 cm³/mol. The van der Waals surface area contributed by atoms with E-state index >= 15 is 0 Å². The van der Waals surface area contributed by atoms with Crippen LogP contribution in [-0.4, -0.2) is 35.8 Å². The third-order valence-electron chi connectivity index (χ3n) is 6.78. The molecule has 0 aliphatic rings. The fourth-order valence-electron chi connectivity index (χ4n) is 4.24. The van der Waals surface area contributed by atoms with Crippen molar-refractivity contribution in [1.82, 2.24) is 16.0 Å². The van der Waals surface area contributed by atoms with E-state index in [9.17, 15) is 18.9 Å². The van der Waals surface area contributed by atoms with Gasteiger partial charge in [-0.25, -0.2) is 9.36 Å². The highest BCUT2D eigenvalue weighted by atomic mass is 31.2. The summed E-state index contributed by atoms with van der Waals surface area (Å²) in [6.07, 6.45) is -0.806. The van der Waals surface area contributed by atoms with E-state index in [0.29, 0.717) is 11.1 Å². The van der Waals surface area contributed by atoms with Crippen LogP contribution in [0.5, 0.6) is 11.5 Å². The minimum Gasteiger partial charge on any atom is -0.445 e. The fourth-order valence-corrected chi connectivity index (χ4v) is 6.14. The van der Waals surface area contributed by atoms with Crippen molar-refractivity contribution in [2.24, 2.45) is 5.73 Å². The van der Waals surface area contributed by atoms with Gasteiger partial charge in [0.25, 0.3) is 0 Å². The number of amidine groups is 1. The monoisotopic (exact) mass is 657 g/mol. The largest absolute Gasteiger partial charge is 0.457 e. The van der Waals surface area contributed by atoms with Crippen molar-refractivity contribution in [3.63, 3.8) is 0 Å². The van der Waals surface area contributed by atoms with Gasteiger partial charge in [-0.05, 0) is 49.2 Å². The van der Waals surface area contributed by atoms with Gasteiger partial charge < -0.3 is 35.5 Å². The quantitative estimate of drug-likeness (QED) is 0.0692. The molecule has 0 radical (unpaired) electrons. The molecule has 4 rings (SSSR count). The van der Waals surface area contributed by atoms with Gasteiger partial charge in [0.05, 0.1) is 0 Å². The summed E-state index contributed by atoms with van der Waals surface area (Å²) < 4.78 is 31.9. The van der Waals surface area contributed by atoms with Crippen molar-refractivity contribution in [2.75, 3.05) is 0 Å². The fraction of sp³-hybridized carbons (Fsp3) is 0.176. The van der Waals surface area contributed by atoms with Crippen molar-refractivity contribution in [3.05, 3.63) is 132 Å². The standard InChI is InChI=1S/C34H36N5O7P/c1-23(37-31(40)24(2)38-34(42)44-22-25-12-6-3-7-13-25)32(41)39-33(27-20-18-26(19-21-27)30(35)36)47(43,45-28-14-8-4-9-15-28)46-29-16-10-5-11-17-29/h3-21,23-24,33H,22H2,1-2H3,(H3,35,36)(H,37,40)(H,38,42)(H,39,41)/t23-,24+,33?/m0/s1. The number of alkyl carbamates (subject to hydrolysis) is 1.